The van der Waals surface area contributed by atoms with Crippen LogP contribution in [0, 0.1) is 13.8 Å². The summed E-state index contributed by atoms with van der Waals surface area (Å²) in [5.41, 5.74) is 17.5. The number of nitrogens with one attached hydrogen (secondary N) is 2. The fraction of sp³-hybridized carbons (Fsp3) is 0.333. The number of hydrogen-bond donors (Lipinski definition) is 2. The third-order valence-electron chi connectivity index (χ3n) is 7.85. The molecule has 2 aromatic heterocycles. The average molecular weight is 493 g/mol. The molecule has 0 fully saturated rings. The molecule has 4 heterocycles. The molecule has 0 bridgehead atoms. The molecule has 0 atom stereocenters. The summed E-state index contributed by atoms with van der Waals surface area (Å²) in [6.07, 6.45) is 19.5. The molecule has 0 aromatic carbocycles. The predicted octanol–water partition coefficient (Wildman–Crippen LogP) is 8.31. The molecule has 4 nitrogen and oxygen atoms in total. The first-order valence-corrected chi connectivity index (χ1v) is 13.4. The van der Waals surface area contributed by atoms with Gasteiger partial charge in [-0.3, -0.25) is 9.98 Å². The smallest absolute Gasteiger partial charge is 0.0662 e. The third-order valence-corrected chi connectivity index (χ3v) is 7.85. The van der Waals surface area contributed by atoms with E-state index in [1.807, 2.05) is 12.4 Å². The van der Waals surface area contributed by atoms with E-state index in [0.29, 0.717) is 0 Å². The zero-order chi connectivity index (χ0) is 26.7. The van der Waals surface area contributed by atoms with Crippen LogP contribution in [0.5, 0.6) is 0 Å². The van der Waals surface area contributed by atoms with Gasteiger partial charge >= 0.3 is 0 Å². The summed E-state index contributed by atoms with van der Waals surface area (Å²) in [7, 11) is 0. The molecule has 0 spiro atoms. The molecular formula is C33H40N4. The van der Waals surface area contributed by atoms with Gasteiger partial charge in [-0.25, -0.2) is 0 Å². The second-order valence-corrected chi connectivity index (χ2v) is 10.1. The Morgan fingerprint density at radius 2 is 1.05 bits per heavy atom. The molecular weight excluding hydrogens is 452 g/mol. The Morgan fingerprint density at radius 1 is 0.649 bits per heavy atom. The second-order valence-electron chi connectivity index (χ2n) is 10.1. The molecule has 0 saturated heterocycles. The van der Waals surface area contributed by atoms with Crippen LogP contribution < -0.4 is 0 Å². The summed E-state index contributed by atoms with van der Waals surface area (Å²) in [4.78, 5) is 16.5. The largest absolute Gasteiger partial charge is 0.358 e. The summed E-state index contributed by atoms with van der Waals surface area (Å²) in [5, 5.41) is 0. The van der Waals surface area contributed by atoms with Gasteiger partial charge in [0, 0.05) is 41.6 Å². The molecule has 4 rings (SSSR count). The molecule has 37 heavy (non-hydrogen) atoms. The van der Waals surface area contributed by atoms with Gasteiger partial charge in [0.15, 0.2) is 0 Å². The lowest BCUT2D eigenvalue weighted by atomic mass is 10.0. The lowest BCUT2D eigenvalue weighted by Crippen LogP contribution is -1.97. The first-order chi connectivity index (χ1) is 17.7. The van der Waals surface area contributed by atoms with E-state index < -0.39 is 0 Å². The Bertz CT molecular complexity index is 1340. The van der Waals surface area contributed by atoms with Crippen LogP contribution in [0.15, 0.2) is 68.0 Å². The van der Waals surface area contributed by atoms with Gasteiger partial charge in [0.1, 0.15) is 0 Å². The van der Waals surface area contributed by atoms with Crippen LogP contribution in [0.3, 0.4) is 0 Å². The number of allylic oxidation sites excluding steroid dienone is 8. The van der Waals surface area contributed by atoms with Crippen LogP contribution in [0.2, 0.25) is 0 Å². The van der Waals surface area contributed by atoms with Gasteiger partial charge in [0.05, 0.1) is 11.4 Å². The van der Waals surface area contributed by atoms with Crippen molar-refractivity contribution in [2.45, 2.75) is 74.7 Å². The average Bonchev–Trinajstić information content (AvgIpc) is 3.57. The van der Waals surface area contributed by atoms with E-state index in [2.05, 4.69) is 112 Å². The van der Waals surface area contributed by atoms with Gasteiger partial charge < -0.3 is 9.97 Å². The lowest BCUT2D eigenvalue weighted by molar-refractivity contribution is 0.965. The predicted molar refractivity (Wildman–Crippen MR) is 161 cm³/mol. The summed E-state index contributed by atoms with van der Waals surface area (Å²) < 4.78 is 0. The zero-order valence-corrected chi connectivity index (χ0v) is 23.6. The standard InChI is InChI=1S/C33H40N4/c1-9-26-24(7)30(15-11-13-28-22(5)20(3)18-34-28)36-32(26)17-33-27(10-2)25(8)31(37-33)16-12-14-29-23(6)21(4)19-35-29/h11-16,18-19,36-37H,9-10,17H2,1-8H3/b15-11+,16-12+,28-13-,29-14-. The normalized spacial score (nSPS) is 18.1. The Morgan fingerprint density at radius 3 is 1.38 bits per heavy atom. The molecule has 192 valence electrons. The number of nitrogens with zero attached hydrogens (tertiary/aromatic N) is 2. The van der Waals surface area contributed by atoms with Gasteiger partial charge in [0.25, 0.3) is 0 Å². The van der Waals surface area contributed by atoms with Crippen molar-refractivity contribution in [2.24, 2.45) is 9.98 Å². The van der Waals surface area contributed by atoms with Gasteiger partial charge in [-0.2, -0.15) is 0 Å². The highest BCUT2D eigenvalue weighted by Gasteiger charge is 2.17. The van der Waals surface area contributed by atoms with Crippen molar-refractivity contribution in [3.8, 4) is 0 Å². The van der Waals surface area contributed by atoms with E-state index in [-0.39, 0.29) is 0 Å². The van der Waals surface area contributed by atoms with Crippen LogP contribution in [-0.2, 0) is 19.3 Å². The molecule has 2 aromatic rings. The number of aliphatic imine (C=N–C) groups is 2. The number of aromatic nitrogens is 2. The lowest BCUT2D eigenvalue weighted by Gasteiger charge is -2.05. The van der Waals surface area contributed by atoms with Gasteiger partial charge in [-0.15, -0.1) is 0 Å². The highest BCUT2D eigenvalue weighted by Crippen LogP contribution is 2.28. The van der Waals surface area contributed by atoms with Crippen molar-refractivity contribution < 1.29 is 0 Å². The molecule has 2 N–H and O–H groups in total. The topological polar surface area (TPSA) is 56.3 Å². The molecule has 4 heteroatoms. The Hall–Kier alpha value is -3.66. The molecule has 0 unspecified atom stereocenters. The SMILES string of the molecule is CCc1c(Cc2[nH]c(/C=C/C=C3\N=CC(C)=C3C)c(C)c2CC)[nH]c(/C=C/C=C2\N=CC(C)=C2C)c1C. The van der Waals surface area contributed by atoms with E-state index in [1.165, 1.54) is 67.3 Å². The summed E-state index contributed by atoms with van der Waals surface area (Å²) in [6.45, 7) is 17.4. The molecule has 0 amide bonds. The maximum atomic E-state index is 4.50. The maximum absolute atomic E-state index is 4.50. The van der Waals surface area contributed by atoms with E-state index >= 15 is 0 Å². The first kappa shape index (κ1) is 26.4. The van der Waals surface area contributed by atoms with Gasteiger partial charge in [0.2, 0.25) is 0 Å². The minimum Gasteiger partial charge on any atom is -0.358 e. The van der Waals surface area contributed by atoms with Crippen LogP contribution in [0.1, 0.15) is 86.6 Å². The molecule has 0 aliphatic carbocycles. The van der Waals surface area contributed by atoms with Crippen molar-refractivity contribution in [2.75, 3.05) is 0 Å². The van der Waals surface area contributed by atoms with Crippen molar-refractivity contribution >= 4 is 24.6 Å². The van der Waals surface area contributed by atoms with Crippen molar-refractivity contribution in [1.82, 2.24) is 9.97 Å². The van der Waals surface area contributed by atoms with Crippen LogP contribution in [0.4, 0.5) is 0 Å². The maximum Gasteiger partial charge on any atom is 0.0662 e. The van der Waals surface area contributed by atoms with Gasteiger partial charge in [-0.05, 0) is 123 Å². The van der Waals surface area contributed by atoms with E-state index in [0.717, 1.165) is 30.7 Å². The van der Waals surface area contributed by atoms with E-state index in [4.69, 9.17) is 0 Å². The highest BCUT2D eigenvalue weighted by atomic mass is 14.8. The Labute approximate surface area is 222 Å². The number of H-pyrrole nitrogens is 2. The van der Waals surface area contributed by atoms with Crippen molar-refractivity contribution in [1.29, 1.82) is 0 Å². The molecule has 2 aliphatic rings. The summed E-state index contributed by atoms with van der Waals surface area (Å²) in [5.74, 6) is 0. The quantitative estimate of drug-likeness (QED) is 0.372. The zero-order valence-electron chi connectivity index (χ0n) is 23.6. The summed E-state index contributed by atoms with van der Waals surface area (Å²) >= 11 is 0. The van der Waals surface area contributed by atoms with E-state index in [9.17, 15) is 0 Å². The third kappa shape index (κ3) is 5.39. The molecule has 2 aliphatic heterocycles. The first-order valence-electron chi connectivity index (χ1n) is 13.4. The van der Waals surface area contributed by atoms with Crippen molar-refractivity contribution in [3.63, 3.8) is 0 Å². The fourth-order valence-electron chi connectivity index (χ4n) is 5.14. The van der Waals surface area contributed by atoms with Crippen molar-refractivity contribution in [3.05, 3.63) is 103 Å². The second kappa shape index (κ2) is 11.2. The van der Waals surface area contributed by atoms with E-state index in [1.54, 1.807) is 0 Å². The van der Waals surface area contributed by atoms with Gasteiger partial charge in [-0.1, -0.05) is 26.0 Å². The number of hydrogen-bond acceptors (Lipinski definition) is 2. The van der Waals surface area contributed by atoms with Crippen LogP contribution in [-0.4, -0.2) is 22.4 Å². The number of rotatable bonds is 8. The van der Waals surface area contributed by atoms with Crippen LogP contribution in [0.25, 0.3) is 12.2 Å². The minimum absolute atomic E-state index is 0.870. The monoisotopic (exact) mass is 492 g/mol. The highest BCUT2D eigenvalue weighted by molar-refractivity contribution is 5.86. The Kier molecular flexibility index (Phi) is 7.97. The number of aromatic amines is 2. The molecule has 0 saturated carbocycles. The minimum atomic E-state index is 0.870. The fourth-order valence-corrected chi connectivity index (χ4v) is 5.14. The summed E-state index contributed by atoms with van der Waals surface area (Å²) in [6, 6.07) is 0. The Balaban J connectivity index is 1.58. The molecule has 0 radical (unpaired) electrons. The van der Waals surface area contributed by atoms with Crippen LogP contribution >= 0.6 is 0 Å².